The van der Waals surface area contributed by atoms with Gasteiger partial charge < -0.3 is 64.2 Å². The molecule has 0 bridgehead atoms. The first-order valence-corrected chi connectivity index (χ1v) is 17.9. The number of H-pyrrole nitrogens is 2. The molecule has 22 heteroatoms. The second-order valence-electron chi connectivity index (χ2n) is 13.4. The molecule has 22 nitrogen and oxygen atoms in total. The quantitative estimate of drug-likeness (QED) is 0.0312. The molecule has 1 fully saturated rings. The van der Waals surface area contributed by atoms with E-state index >= 15 is 0 Å². The van der Waals surface area contributed by atoms with E-state index in [9.17, 15) is 38.7 Å². The van der Waals surface area contributed by atoms with Crippen LogP contribution in [0.1, 0.15) is 63.8 Å². The number of nitrogens with two attached hydrogens (primary N) is 4. The molecule has 0 saturated carbocycles. The van der Waals surface area contributed by atoms with Crippen LogP contribution in [0.4, 0.5) is 0 Å². The highest BCUT2D eigenvalue weighted by Gasteiger charge is 2.39. The van der Waals surface area contributed by atoms with Crippen LogP contribution in [0.15, 0.2) is 30.0 Å². The minimum absolute atomic E-state index is 0.0452. The Labute approximate surface area is 316 Å². The van der Waals surface area contributed by atoms with E-state index in [1.807, 2.05) is 0 Å². The van der Waals surface area contributed by atoms with Crippen molar-refractivity contribution < 1.29 is 38.7 Å². The van der Waals surface area contributed by atoms with Gasteiger partial charge in [0.05, 0.1) is 25.1 Å². The zero-order chi connectivity index (χ0) is 40.7. The number of carboxylic acids is 1. The number of carboxylic acid groups (broad SMARTS) is 1. The van der Waals surface area contributed by atoms with Crippen LogP contribution in [-0.2, 0) is 46.4 Å². The zero-order valence-electron chi connectivity index (χ0n) is 30.8. The summed E-state index contributed by atoms with van der Waals surface area (Å²) in [5.41, 5.74) is 23.3. The Morgan fingerprint density at radius 2 is 1.51 bits per heavy atom. The van der Waals surface area contributed by atoms with Crippen LogP contribution < -0.4 is 44.2 Å². The Hall–Kier alpha value is -6.06. The van der Waals surface area contributed by atoms with Gasteiger partial charge in [-0.25, -0.2) is 14.8 Å². The Kier molecular flexibility index (Phi) is 16.5. The van der Waals surface area contributed by atoms with Gasteiger partial charge in [-0.2, -0.15) is 0 Å². The molecule has 1 saturated heterocycles. The molecule has 0 aliphatic carbocycles. The molecule has 302 valence electrons. The van der Waals surface area contributed by atoms with E-state index in [2.05, 4.69) is 46.2 Å². The lowest BCUT2D eigenvalue weighted by atomic mass is 9.97. The largest absolute Gasteiger partial charge is 0.480 e. The first-order chi connectivity index (χ1) is 26.1. The van der Waals surface area contributed by atoms with Crippen LogP contribution in [0.25, 0.3) is 0 Å². The summed E-state index contributed by atoms with van der Waals surface area (Å²) in [7, 11) is 0. The first kappa shape index (κ1) is 43.3. The second-order valence-corrected chi connectivity index (χ2v) is 13.4. The predicted octanol–water partition coefficient (Wildman–Crippen LogP) is -3.76. The van der Waals surface area contributed by atoms with Gasteiger partial charge in [-0.15, -0.1) is 0 Å². The third-order valence-corrected chi connectivity index (χ3v) is 9.15. The molecule has 1 aliphatic rings. The Balaban J connectivity index is 1.76. The van der Waals surface area contributed by atoms with Crippen LogP contribution in [0, 0.1) is 5.92 Å². The van der Waals surface area contributed by atoms with Crippen LogP contribution in [0.5, 0.6) is 0 Å². The van der Waals surface area contributed by atoms with Crippen molar-refractivity contribution in [2.45, 2.75) is 101 Å². The van der Waals surface area contributed by atoms with Crippen LogP contribution in [0.2, 0.25) is 0 Å². The van der Waals surface area contributed by atoms with Gasteiger partial charge in [-0.05, 0) is 31.6 Å². The molecule has 2 aromatic heterocycles. The van der Waals surface area contributed by atoms with Gasteiger partial charge in [0, 0.05) is 49.7 Å². The lowest BCUT2D eigenvalue weighted by Gasteiger charge is -2.30. The molecule has 7 atom stereocenters. The highest BCUT2D eigenvalue weighted by atomic mass is 16.4. The number of rotatable bonds is 22. The number of carbonyl (C=O) groups excluding carboxylic acids is 6. The van der Waals surface area contributed by atoms with Crippen molar-refractivity contribution in [3.05, 3.63) is 36.4 Å². The molecule has 3 heterocycles. The molecule has 0 radical (unpaired) electrons. The summed E-state index contributed by atoms with van der Waals surface area (Å²) in [6, 6.07) is -7.45. The first-order valence-electron chi connectivity index (χ1n) is 17.9. The summed E-state index contributed by atoms with van der Waals surface area (Å²) < 4.78 is 0. The van der Waals surface area contributed by atoms with Gasteiger partial charge in [0.15, 0.2) is 5.96 Å². The van der Waals surface area contributed by atoms with Gasteiger partial charge in [-0.1, -0.05) is 20.3 Å². The molecule has 0 spiro atoms. The average Bonchev–Trinajstić information content (AvgIpc) is 3.94. The van der Waals surface area contributed by atoms with E-state index < -0.39 is 90.0 Å². The van der Waals surface area contributed by atoms with Gasteiger partial charge in [0.1, 0.15) is 30.2 Å². The van der Waals surface area contributed by atoms with Gasteiger partial charge in [-0.3, -0.25) is 33.8 Å². The average molecular weight is 773 g/mol. The second kappa shape index (κ2) is 21.0. The Morgan fingerprint density at radius 1 is 0.909 bits per heavy atom. The number of hydrogen-bond donors (Lipinski definition) is 11. The molecule has 2 aromatic rings. The van der Waals surface area contributed by atoms with Crippen molar-refractivity contribution in [2.24, 2.45) is 33.8 Å². The fraction of sp³-hybridized carbons (Fsp3) is 0.576. The normalized spacial score (nSPS) is 17.1. The van der Waals surface area contributed by atoms with Crippen molar-refractivity contribution in [2.75, 3.05) is 13.1 Å². The zero-order valence-corrected chi connectivity index (χ0v) is 30.8. The molecule has 0 aromatic carbocycles. The number of hydrogen-bond acceptors (Lipinski definition) is 11. The number of aliphatic imine (C=N–C) groups is 1. The lowest BCUT2D eigenvalue weighted by molar-refractivity contribution is -0.142. The summed E-state index contributed by atoms with van der Waals surface area (Å²) >= 11 is 0. The van der Waals surface area contributed by atoms with E-state index in [1.165, 1.54) is 23.8 Å². The van der Waals surface area contributed by atoms with Crippen molar-refractivity contribution in [1.82, 2.24) is 46.1 Å². The summed E-state index contributed by atoms with van der Waals surface area (Å²) in [6.45, 7) is 3.88. The fourth-order valence-electron chi connectivity index (χ4n) is 5.99. The molecule has 3 rings (SSSR count). The van der Waals surface area contributed by atoms with Crippen molar-refractivity contribution >= 4 is 47.4 Å². The summed E-state index contributed by atoms with van der Waals surface area (Å²) in [6.07, 6.45) is 6.50. The standard InChI is InChI=1S/C33H52N14O8/c1-3-17(2)26(46-29(51)24-7-5-9-47(24)31(53)20(34)10-18-13-38-15-41-18)30(52)45-23(12-25(35)48)28(50)44-22(11-19-14-39-16-42-19)27(49)43-21(32(54)55)6-4-8-40-33(36)37/h13-17,20-24,26H,3-12,34H2,1-2H3,(H2,35,48)(H,38,41)(H,39,42)(H,43,49)(H,44,50)(H,45,52)(H,46,51)(H,54,55)(H4,36,37,40)/t17-,20-,21-,22-,23-,24-,26-/m0/s1. The van der Waals surface area contributed by atoms with Crippen LogP contribution >= 0.6 is 0 Å². The number of imidazole rings is 2. The number of amides is 6. The topological polar surface area (TPSA) is 365 Å². The summed E-state index contributed by atoms with van der Waals surface area (Å²) in [4.78, 5) is 111. The number of nitrogens with zero attached hydrogens (tertiary/aromatic N) is 4. The molecule has 15 N–H and O–H groups in total. The number of likely N-dealkylation sites (tertiary alicyclic amines) is 1. The monoisotopic (exact) mass is 772 g/mol. The molecule has 6 amide bonds. The maximum absolute atomic E-state index is 13.8. The molecule has 1 aliphatic heterocycles. The van der Waals surface area contributed by atoms with E-state index in [0.717, 1.165) is 0 Å². The highest BCUT2D eigenvalue weighted by molar-refractivity contribution is 5.98. The fourth-order valence-corrected chi connectivity index (χ4v) is 5.99. The summed E-state index contributed by atoms with van der Waals surface area (Å²) in [5.74, 6) is -6.69. The maximum atomic E-state index is 13.8. The van der Waals surface area contributed by atoms with Gasteiger partial charge in [0.25, 0.3) is 0 Å². The molecule has 55 heavy (non-hydrogen) atoms. The number of aromatic nitrogens is 4. The molecular weight excluding hydrogens is 720 g/mol. The minimum atomic E-state index is -1.61. The van der Waals surface area contributed by atoms with Crippen molar-refractivity contribution in [1.29, 1.82) is 0 Å². The minimum Gasteiger partial charge on any atom is -0.480 e. The van der Waals surface area contributed by atoms with E-state index in [1.54, 1.807) is 20.0 Å². The van der Waals surface area contributed by atoms with E-state index in [-0.39, 0.29) is 44.7 Å². The lowest BCUT2D eigenvalue weighted by Crippen LogP contribution is -2.60. The number of guanidine groups is 1. The molecular formula is C33H52N14O8. The van der Waals surface area contributed by atoms with Gasteiger partial charge in [0.2, 0.25) is 35.4 Å². The van der Waals surface area contributed by atoms with Crippen molar-refractivity contribution in [3.63, 3.8) is 0 Å². The third kappa shape index (κ3) is 13.4. The van der Waals surface area contributed by atoms with Gasteiger partial charge >= 0.3 is 5.97 Å². The smallest absolute Gasteiger partial charge is 0.326 e. The SMILES string of the molecule is CC[C@H](C)[C@H](NC(=O)[C@@H]1CCCN1C(=O)[C@@H](N)Cc1cnc[nH]1)C(=O)N[C@@H](CC(N)=O)C(=O)N[C@@H](Cc1cnc[nH]1)C(=O)N[C@@H](CCCN=C(N)N)C(=O)O. The van der Waals surface area contributed by atoms with E-state index in [0.29, 0.717) is 30.7 Å². The highest BCUT2D eigenvalue weighted by Crippen LogP contribution is 2.20. The number of aliphatic carboxylic acids is 1. The van der Waals surface area contributed by atoms with Crippen molar-refractivity contribution in [3.8, 4) is 0 Å². The number of primary amides is 1. The summed E-state index contributed by atoms with van der Waals surface area (Å²) in [5, 5.41) is 19.8. The Bertz CT molecular complexity index is 1650. The number of carbonyl (C=O) groups is 7. The maximum Gasteiger partial charge on any atom is 0.326 e. The number of aromatic amines is 2. The predicted molar refractivity (Wildman–Crippen MR) is 196 cm³/mol. The third-order valence-electron chi connectivity index (χ3n) is 9.15. The number of nitrogens with one attached hydrogen (secondary N) is 6. The Morgan fingerprint density at radius 3 is 2.07 bits per heavy atom. The van der Waals surface area contributed by atoms with E-state index in [4.69, 9.17) is 22.9 Å². The van der Waals surface area contributed by atoms with Crippen LogP contribution in [0.3, 0.4) is 0 Å². The van der Waals surface area contributed by atoms with Crippen LogP contribution in [-0.4, -0.2) is 127 Å². The molecule has 0 unspecified atom stereocenters.